The van der Waals surface area contributed by atoms with Crippen LogP contribution in [0.15, 0.2) is 6.08 Å². The van der Waals surface area contributed by atoms with Crippen molar-refractivity contribution in [1.29, 1.82) is 0 Å². The molecule has 0 spiro atoms. The van der Waals surface area contributed by atoms with Crippen LogP contribution < -0.4 is 5.32 Å². The van der Waals surface area contributed by atoms with Crippen LogP contribution in [-0.4, -0.2) is 11.9 Å². The summed E-state index contributed by atoms with van der Waals surface area (Å²) in [5.41, 5.74) is 0. The van der Waals surface area contributed by atoms with Crippen LogP contribution in [-0.2, 0) is 4.79 Å². The van der Waals surface area contributed by atoms with Crippen molar-refractivity contribution in [3.05, 3.63) is 12.7 Å². The molecule has 1 amide bonds. The van der Waals surface area contributed by atoms with Gasteiger partial charge in [-0.25, -0.2) is 0 Å². The van der Waals surface area contributed by atoms with Gasteiger partial charge in [-0.05, 0) is 13.8 Å². The summed E-state index contributed by atoms with van der Waals surface area (Å²) in [6.07, 6.45) is 1.01. The van der Waals surface area contributed by atoms with Crippen LogP contribution in [0.5, 0.6) is 0 Å². The van der Waals surface area contributed by atoms with Crippen molar-refractivity contribution >= 4 is 5.91 Å². The van der Waals surface area contributed by atoms with E-state index >= 15 is 0 Å². The Balaban J connectivity index is 3.39. The Labute approximate surface area is 49.6 Å². The summed E-state index contributed by atoms with van der Waals surface area (Å²) < 4.78 is 0. The average molecular weight is 112 g/mol. The summed E-state index contributed by atoms with van der Waals surface area (Å²) in [6.45, 7) is 8.64. The van der Waals surface area contributed by atoms with E-state index in [1.165, 1.54) is 0 Å². The molecule has 0 saturated heterocycles. The second kappa shape index (κ2) is 3.24. The molecule has 0 atom stereocenters. The first kappa shape index (κ1) is 7.21. The smallest absolute Gasteiger partial charge is 0.244 e. The highest BCUT2D eigenvalue weighted by atomic mass is 16.1. The number of nitrogens with one attached hydrogen (secondary N) is 1. The molecule has 1 radical (unpaired) electrons. The summed E-state index contributed by atoms with van der Waals surface area (Å²) >= 11 is 0. The highest BCUT2D eigenvalue weighted by molar-refractivity contribution is 5.86. The van der Waals surface area contributed by atoms with E-state index in [9.17, 15) is 4.79 Å². The van der Waals surface area contributed by atoms with E-state index in [-0.39, 0.29) is 11.9 Å². The van der Waals surface area contributed by atoms with Gasteiger partial charge in [0.2, 0.25) is 5.91 Å². The molecule has 1 N–H and O–H groups in total. The number of amides is 1. The summed E-state index contributed by atoms with van der Waals surface area (Å²) in [5, 5.41) is 2.57. The number of hydrogen-bond acceptors (Lipinski definition) is 1. The van der Waals surface area contributed by atoms with Crippen molar-refractivity contribution < 1.29 is 4.79 Å². The van der Waals surface area contributed by atoms with Gasteiger partial charge in [-0.2, -0.15) is 0 Å². The Kier molecular flexibility index (Phi) is 2.92. The predicted molar refractivity (Wildman–Crippen MR) is 32.1 cm³/mol. The average Bonchev–Trinajstić information content (AvgIpc) is 1.65. The summed E-state index contributed by atoms with van der Waals surface area (Å²) in [4.78, 5) is 10.3. The van der Waals surface area contributed by atoms with Crippen LogP contribution in [0.2, 0.25) is 0 Å². The normalized spacial score (nSPS) is 8.88. The lowest BCUT2D eigenvalue weighted by molar-refractivity contribution is -0.116. The van der Waals surface area contributed by atoms with Gasteiger partial charge in [-0.3, -0.25) is 4.79 Å². The largest absolute Gasteiger partial charge is 0.350 e. The van der Waals surface area contributed by atoms with Crippen molar-refractivity contribution in [2.24, 2.45) is 0 Å². The third-order valence-corrected chi connectivity index (χ3v) is 0.582. The fourth-order valence-corrected chi connectivity index (χ4v) is 0.333. The van der Waals surface area contributed by atoms with E-state index < -0.39 is 0 Å². The van der Waals surface area contributed by atoms with Crippen molar-refractivity contribution in [3.63, 3.8) is 0 Å². The standard InChI is InChI=1S/C6H10NO/c1-4-6(8)7-5(2)3/h1,4-5H,2-3H3,(H,7,8). The Bertz CT molecular complexity index is 96.7. The molecule has 8 heavy (non-hydrogen) atoms. The van der Waals surface area contributed by atoms with Crippen LogP contribution in [0.25, 0.3) is 0 Å². The SMILES string of the molecule is [CH]=CC(=O)NC(C)C. The van der Waals surface area contributed by atoms with E-state index in [2.05, 4.69) is 5.32 Å². The van der Waals surface area contributed by atoms with E-state index in [1.807, 2.05) is 13.8 Å². The van der Waals surface area contributed by atoms with Crippen LogP contribution in [0, 0.1) is 6.58 Å². The molecule has 0 rings (SSSR count). The minimum absolute atomic E-state index is 0.169. The topological polar surface area (TPSA) is 29.1 Å². The van der Waals surface area contributed by atoms with Gasteiger partial charge in [-0.1, -0.05) is 6.58 Å². The van der Waals surface area contributed by atoms with Gasteiger partial charge < -0.3 is 5.32 Å². The number of hydrogen-bond donors (Lipinski definition) is 1. The Hall–Kier alpha value is -0.790. The Morgan fingerprint density at radius 1 is 1.75 bits per heavy atom. The summed E-state index contributed by atoms with van der Waals surface area (Å²) in [6, 6.07) is 0.169. The minimum Gasteiger partial charge on any atom is -0.350 e. The first-order valence-corrected chi connectivity index (χ1v) is 2.52. The van der Waals surface area contributed by atoms with E-state index in [4.69, 9.17) is 6.58 Å². The molecule has 0 fully saturated rings. The van der Waals surface area contributed by atoms with Crippen molar-refractivity contribution in [1.82, 2.24) is 5.32 Å². The maximum Gasteiger partial charge on any atom is 0.244 e. The van der Waals surface area contributed by atoms with Crippen LogP contribution in [0.1, 0.15) is 13.8 Å². The molecule has 2 heteroatoms. The molecule has 0 heterocycles. The number of carbonyl (C=O) groups excluding carboxylic acids is 1. The molecule has 0 aromatic heterocycles. The van der Waals surface area contributed by atoms with E-state index in [0.29, 0.717) is 0 Å². The molecule has 0 aromatic rings. The second-order valence-corrected chi connectivity index (χ2v) is 1.83. The first-order valence-electron chi connectivity index (χ1n) is 2.52. The zero-order valence-electron chi connectivity index (χ0n) is 5.14. The molecule has 0 unspecified atom stereocenters. The quantitative estimate of drug-likeness (QED) is 0.518. The minimum atomic E-state index is -0.222. The zero-order valence-corrected chi connectivity index (χ0v) is 5.14. The van der Waals surface area contributed by atoms with Gasteiger partial charge in [-0.15, -0.1) is 0 Å². The molecule has 0 saturated carbocycles. The Morgan fingerprint density at radius 3 is 2.38 bits per heavy atom. The highest BCUT2D eigenvalue weighted by Crippen LogP contribution is 1.75. The van der Waals surface area contributed by atoms with Gasteiger partial charge in [0.15, 0.2) is 0 Å². The van der Waals surface area contributed by atoms with Crippen molar-refractivity contribution in [3.8, 4) is 0 Å². The predicted octanol–water partition coefficient (Wildman–Crippen LogP) is 0.500. The molecular weight excluding hydrogens is 102 g/mol. The lowest BCUT2D eigenvalue weighted by Gasteiger charge is -2.02. The summed E-state index contributed by atoms with van der Waals surface area (Å²) in [5.74, 6) is -0.222. The number of rotatable bonds is 2. The maximum absolute atomic E-state index is 10.3. The van der Waals surface area contributed by atoms with Gasteiger partial charge in [0, 0.05) is 12.1 Å². The van der Waals surface area contributed by atoms with Gasteiger partial charge >= 0.3 is 0 Å². The lowest BCUT2D eigenvalue weighted by Crippen LogP contribution is -2.27. The first-order chi connectivity index (χ1) is 3.66. The molecule has 0 bridgehead atoms. The van der Waals surface area contributed by atoms with Crippen molar-refractivity contribution in [2.45, 2.75) is 19.9 Å². The molecule has 2 nitrogen and oxygen atoms in total. The van der Waals surface area contributed by atoms with E-state index in [0.717, 1.165) is 6.08 Å². The fraction of sp³-hybridized carbons (Fsp3) is 0.500. The molecule has 0 aliphatic carbocycles. The molecule has 45 valence electrons. The molecule has 0 aromatic carbocycles. The third-order valence-electron chi connectivity index (χ3n) is 0.582. The zero-order chi connectivity index (χ0) is 6.57. The second-order valence-electron chi connectivity index (χ2n) is 1.83. The van der Waals surface area contributed by atoms with Crippen LogP contribution in [0.4, 0.5) is 0 Å². The van der Waals surface area contributed by atoms with Gasteiger partial charge in [0.1, 0.15) is 0 Å². The maximum atomic E-state index is 10.3. The highest BCUT2D eigenvalue weighted by Gasteiger charge is 1.93. The fourth-order valence-electron chi connectivity index (χ4n) is 0.333. The van der Waals surface area contributed by atoms with Gasteiger partial charge in [0.05, 0.1) is 0 Å². The summed E-state index contributed by atoms with van der Waals surface area (Å²) in [7, 11) is 0. The van der Waals surface area contributed by atoms with Crippen LogP contribution >= 0.6 is 0 Å². The Morgan fingerprint density at radius 2 is 2.25 bits per heavy atom. The molecule has 0 aliphatic heterocycles. The third kappa shape index (κ3) is 3.40. The monoisotopic (exact) mass is 112 g/mol. The van der Waals surface area contributed by atoms with Crippen LogP contribution in [0.3, 0.4) is 0 Å². The van der Waals surface area contributed by atoms with Crippen molar-refractivity contribution in [2.75, 3.05) is 0 Å². The molecule has 0 aliphatic rings. The molecular formula is C6H10NO. The number of carbonyl (C=O) groups is 1. The lowest BCUT2D eigenvalue weighted by atomic mass is 10.4. The van der Waals surface area contributed by atoms with Gasteiger partial charge in [0.25, 0.3) is 0 Å². The van der Waals surface area contributed by atoms with E-state index in [1.54, 1.807) is 0 Å².